The molecule has 2 N–H and O–H groups in total. The number of ether oxygens (including phenoxy) is 2. The molecule has 1 aromatic carbocycles. The first-order valence-corrected chi connectivity index (χ1v) is 8.81. The zero-order valence-corrected chi connectivity index (χ0v) is 15.5. The van der Waals surface area contributed by atoms with Crippen molar-refractivity contribution in [2.24, 2.45) is 15.9 Å². The zero-order valence-electron chi connectivity index (χ0n) is 15.5. The van der Waals surface area contributed by atoms with E-state index in [0.29, 0.717) is 37.1 Å². The third-order valence-corrected chi connectivity index (χ3v) is 3.78. The Kier molecular flexibility index (Phi) is 6.88. The number of para-hydroxylation sites is 1. The van der Waals surface area contributed by atoms with Gasteiger partial charge in [0, 0.05) is 17.7 Å². The van der Waals surface area contributed by atoms with Crippen LogP contribution in [-0.2, 0) is 9.47 Å². The number of hydrogen-bond donors (Lipinski definition) is 1. The molecule has 0 unspecified atom stereocenters. The van der Waals surface area contributed by atoms with Crippen LogP contribution in [0.15, 0.2) is 34.3 Å². The van der Waals surface area contributed by atoms with Gasteiger partial charge in [-0.15, -0.1) is 0 Å². The fourth-order valence-corrected chi connectivity index (χ4v) is 2.54. The summed E-state index contributed by atoms with van der Waals surface area (Å²) in [5.41, 5.74) is 7.43. The molecule has 0 saturated carbocycles. The van der Waals surface area contributed by atoms with Gasteiger partial charge in [-0.2, -0.15) is 0 Å². The summed E-state index contributed by atoms with van der Waals surface area (Å²) in [6.07, 6.45) is 0.508. The topological polar surface area (TPSA) is 69.2 Å². The molecule has 1 aromatic rings. The van der Waals surface area contributed by atoms with Crippen molar-refractivity contribution in [3.8, 4) is 11.8 Å². The quantitative estimate of drug-likeness (QED) is 0.675. The molecule has 2 rings (SSSR count). The molecule has 5 heteroatoms. The first kappa shape index (κ1) is 18.9. The summed E-state index contributed by atoms with van der Waals surface area (Å²) in [4.78, 5) is 9.47. The van der Waals surface area contributed by atoms with Gasteiger partial charge < -0.3 is 15.2 Å². The van der Waals surface area contributed by atoms with Gasteiger partial charge in [-0.3, -0.25) is 0 Å². The zero-order chi connectivity index (χ0) is 18.2. The summed E-state index contributed by atoms with van der Waals surface area (Å²) >= 11 is 0. The Morgan fingerprint density at radius 2 is 1.76 bits per heavy atom. The number of rotatable bonds is 4. The maximum absolute atomic E-state index is 5.93. The fourth-order valence-electron chi connectivity index (χ4n) is 2.54. The van der Waals surface area contributed by atoms with Crippen molar-refractivity contribution in [3.63, 3.8) is 0 Å². The minimum atomic E-state index is -0.242. The summed E-state index contributed by atoms with van der Waals surface area (Å²) in [5, 5.41) is 0. The number of anilines is 1. The third kappa shape index (κ3) is 4.99. The molecule has 0 saturated heterocycles. The highest BCUT2D eigenvalue weighted by atomic mass is 16.5. The van der Waals surface area contributed by atoms with E-state index in [-0.39, 0.29) is 18.0 Å². The van der Waals surface area contributed by atoms with Crippen LogP contribution in [0.3, 0.4) is 0 Å². The van der Waals surface area contributed by atoms with Crippen LogP contribution < -0.4 is 5.73 Å². The van der Waals surface area contributed by atoms with Gasteiger partial charge in [0.2, 0.25) is 11.8 Å². The lowest BCUT2D eigenvalue weighted by molar-refractivity contribution is 0.276. The molecular weight excluding hydrogens is 314 g/mol. The number of nitrogens with two attached hydrogens (primary N) is 1. The van der Waals surface area contributed by atoms with Gasteiger partial charge in [-0.1, -0.05) is 37.8 Å². The molecule has 1 aliphatic heterocycles. The number of aliphatic imine (C=N–C) groups is 2. The number of nitrogens with zero attached hydrogens (tertiary/aromatic N) is 2. The molecule has 1 heterocycles. The third-order valence-electron chi connectivity index (χ3n) is 3.78. The molecule has 1 aliphatic rings. The average Bonchev–Trinajstić information content (AvgIpc) is 2.58. The molecule has 0 bridgehead atoms. The molecule has 0 aliphatic carbocycles. The summed E-state index contributed by atoms with van der Waals surface area (Å²) in [6, 6.07) is 7.23. The van der Waals surface area contributed by atoms with E-state index in [4.69, 9.17) is 25.2 Å². The summed E-state index contributed by atoms with van der Waals surface area (Å²) in [7, 11) is 0. The Hall–Kier alpha value is -2.48. The Labute approximate surface area is 150 Å². The van der Waals surface area contributed by atoms with Crippen molar-refractivity contribution in [1.82, 2.24) is 0 Å². The Morgan fingerprint density at radius 1 is 1.08 bits per heavy atom. The van der Waals surface area contributed by atoms with E-state index in [0.717, 1.165) is 5.56 Å². The van der Waals surface area contributed by atoms with Crippen LogP contribution in [0.2, 0.25) is 0 Å². The van der Waals surface area contributed by atoms with Crippen LogP contribution in [0.4, 0.5) is 5.69 Å². The molecule has 0 spiro atoms. The van der Waals surface area contributed by atoms with Gasteiger partial charge in [0.05, 0.1) is 13.2 Å². The van der Waals surface area contributed by atoms with E-state index in [1.807, 2.05) is 38.1 Å². The molecule has 0 amide bonds. The fraction of sp³-hybridized carbons (Fsp3) is 0.500. The second-order valence-electron chi connectivity index (χ2n) is 6.10. The van der Waals surface area contributed by atoms with Gasteiger partial charge in [-0.05, 0) is 31.9 Å². The summed E-state index contributed by atoms with van der Waals surface area (Å²) < 4.78 is 11.4. The SMILES string of the molecule is CCOC1=N[C@H](C(C)C)C(OCC)=N[C@H]1CC#Cc1ccccc1N. The highest BCUT2D eigenvalue weighted by Gasteiger charge is 2.30. The maximum atomic E-state index is 5.93. The van der Waals surface area contributed by atoms with E-state index < -0.39 is 0 Å². The van der Waals surface area contributed by atoms with Crippen LogP contribution in [0, 0.1) is 17.8 Å². The highest BCUT2D eigenvalue weighted by Crippen LogP contribution is 2.19. The normalized spacial score (nSPS) is 19.6. The van der Waals surface area contributed by atoms with E-state index >= 15 is 0 Å². The van der Waals surface area contributed by atoms with Gasteiger partial charge in [0.15, 0.2) is 0 Å². The molecule has 0 aromatic heterocycles. The Morgan fingerprint density at radius 3 is 2.40 bits per heavy atom. The minimum Gasteiger partial charge on any atom is -0.480 e. The molecule has 0 fully saturated rings. The second kappa shape index (κ2) is 9.12. The standard InChI is InChI=1S/C20H27N3O2/c1-5-24-19-17(13-9-11-15-10-7-8-12-16(15)21)22-20(25-6-2)18(23-19)14(3)4/h7-8,10,12,14,17-18H,5-6,13,21H2,1-4H3/t17-,18+/m0/s1. The van der Waals surface area contributed by atoms with Crippen molar-refractivity contribution in [2.45, 2.75) is 46.2 Å². The van der Waals surface area contributed by atoms with Crippen molar-refractivity contribution >= 4 is 17.5 Å². The Balaban J connectivity index is 2.21. The van der Waals surface area contributed by atoms with E-state index in [1.54, 1.807) is 0 Å². The van der Waals surface area contributed by atoms with E-state index in [2.05, 4.69) is 25.7 Å². The van der Waals surface area contributed by atoms with Crippen molar-refractivity contribution in [1.29, 1.82) is 0 Å². The van der Waals surface area contributed by atoms with Gasteiger partial charge in [-0.25, -0.2) is 9.98 Å². The van der Waals surface area contributed by atoms with Crippen molar-refractivity contribution in [2.75, 3.05) is 18.9 Å². The number of hydrogen-bond acceptors (Lipinski definition) is 5. The van der Waals surface area contributed by atoms with Crippen molar-refractivity contribution < 1.29 is 9.47 Å². The first-order chi connectivity index (χ1) is 12.1. The smallest absolute Gasteiger partial charge is 0.210 e. The molecule has 2 atom stereocenters. The summed E-state index contributed by atoms with van der Waals surface area (Å²) in [6.45, 7) is 9.23. The molecule has 0 radical (unpaired) electrons. The van der Waals surface area contributed by atoms with Crippen LogP contribution in [0.25, 0.3) is 0 Å². The minimum absolute atomic E-state index is 0.101. The van der Waals surface area contributed by atoms with Crippen LogP contribution in [-0.4, -0.2) is 37.1 Å². The maximum Gasteiger partial charge on any atom is 0.210 e. The van der Waals surface area contributed by atoms with Crippen LogP contribution in [0.1, 0.15) is 39.7 Å². The van der Waals surface area contributed by atoms with Gasteiger partial charge >= 0.3 is 0 Å². The van der Waals surface area contributed by atoms with Gasteiger partial charge in [0.1, 0.15) is 12.1 Å². The van der Waals surface area contributed by atoms with Gasteiger partial charge in [0.25, 0.3) is 0 Å². The predicted octanol–water partition coefficient (Wildman–Crippen LogP) is 3.29. The average molecular weight is 341 g/mol. The lowest BCUT2D eigenvalue weighted by atomic mass is 10.0. The number of nitrogen functional groups attached to an aromatic ring is 1. The largest absolute Gasteiger partial charge is 0.480 e. The second-order valence-corrected chi connectivity index (χ2v) is 6.10. The molecule has 5 nitrogen and oxygen atoms in total. The highest BCUT2D eigenvalue weighted by molar-refractivity contribution is 5.94. The Bertz CT molecular complexity index is 698. The molecular formula is C20H27N3O2. The first-order valence-electron chi connectivity index (χ1n) is 8.81. The summed E-state index contributed by atoms with van der Waals surface area (Å²) in [5.74, 6) is 7.86. The monoisotopic (exact) mass is 341 g/mol. The van der Waals surface area contributed by atoms with Crippen LogP contribution in [0.5, 0.6) is 0 Å². The van der Waals surface area contributed by atoms with Crippen LogP contribution >= 0.6 is 0 Å². The number of benzene rings is 1. The van der Waals surface area contributed by atoms with E-state index in [1.165, 1.54) is 0 Å². The van der Waals surface area contributed by atoms with Crippen molar-refractivity contribution in [3.05, 3.63) is 29.8 Å². The predicted molar refractivity (Wildman–Crippen MR) is 103 cm³/mol. The van der Waals surface area contributed by atoms with E-state index in [9.17, 15) is 0 Å². The molecule has 134 valence electrons. The lowest BCUT2D eigenvalue weighted by Crippen LogP contribution is -2.38. The molecule has 25 heavy (non-hydrogen) atoms. The lowest BCUT2D eigenvalue weighted by Gasteiger charge is -2.27.